The quantitative estimate of drug-likeness (QED) is 0.0172. The van der Waals surface area contributed by atoms with Crippen LogP contribution in [0, 0.1) is 0 Å². The summed E-state index contributed by atoms with van der Waals surface area (Å²) in [6.45, 7) is 3.70. The van der Waals surface area contributed by atoms with Crippen LogP contribution in [0.3, 0.4) is 0 Å². The van der Waals surface area contributed by atoms with Crippen LogP contribution in [0.1, 0.15) is 226 Å². The molecule has 0 radical (unpaired) electrons. The molecule has 0 aliphatic carbocycles. The Hall–Kier alpha value is -1.53. The summed E-state index contributed by atoms with van der Waals surface area (Å²) in [7, 11) is 0. The number of allylic oxidation sites excluding steroid dienone is 4. The summed E-state index contributed by atoms with van der Waals surface area (Å²) < 4.78 is 34.4. The molecule has 412 valence electrons. The molecule has 11 atom stereocenters. The van der Waals surface area contributed by atoms with E-state index in [1.54, 1.807) is 0 Å². The summed E-state index contributed by atoms with van der Waals surface area (Å²) in [6, 6.07) is 0. The second-order valence-electron chi connectivity index (χ2n) is 20.1. The lowest BCUT2D eigenvalue weighted by Crippen LogP contribution is -2.61. The molecule has 0 bridgehead atoms. The van der Waals surface area contributed by atoms with E-state index in [-0.39, 0.29) is 25.6 Å². The molecule has 2 rings (SSSR count). The zero-order chi connectivity index (χ0) is 50.9. The van der Waals surface area contributed by atoms with E-state index in [1.165, 1.54) is 148 Å². The molecule has 11 unspecified atom stereocenters. The van der Waals surface area contributed by atoms with Crippen LogP contribution in [0.15, 0.2) is 24.3 Å². The van der Waals surface area contributed by atoms with Gasteiger partial charge in [0.05, 0.1) is 26.4 Å². The van der Waals surface area contributed by atoms with Gasteiger partial charge in [-0.2, -0.15) is 0 Å². The van der Waals surface area contributed by atoms with Crippen molar-refractivity contribution in [3.05, 3.63) is 24.3 Å². The number of rotatable bonds is 46. The molecule has 0 aromatic heterocycles. The van der Waals surface area contributed by atoms with E-state index < -0.39 is 80.7 Å². The van der Waals surface area contributed by atoms with Crippen molar-refractivity contribution in [2.24, 2.45) is 0 Å². The fraction of sp³-hybridized carbons (Fsp3) is 0.911. The van der Waals surface area contributed by atoms with Crippen molar-refractivity contribution in [3.63, 3.8) is 0 Å². The monoisotopic (exact) mass is 1000 g/mol. The van der Waals surface area contributed by atoms with Crippen molar-refractivity contribution in [2.75, 3.05) is 33.0 Å². The molecule has 2 aliphatic rings. The first-order valence-electron chi connectivity index (χ1n) is 28.4. The molecule has 0 aromatic rings. The van der Waals surface area contributed by atoms with Gasteiger partial charge >= 0.3 is 5.97 Å². The topological polar surface area (TPSA) is 214 Å². The van der Waals surface area contributed by atoms with Crippen molar-refractivity contribution >= 4 is 5.97 Å². The van der Waals surface area contributed by atoms with Crippen molar-refractivity contribution in [2.45, 2.75) is 293 Å². The molecular formula is C56H104O14. The molecule has 0 spiro atoms. The number of unbranched alkanes of at least 4 members (excludes halogenated alkanes) is 28. The highest BCUT2D eigenvalue weighted by Crippen LogP contribution is 2.27. The number of aliphatic hydroxyl groups is 7. The standard InChI is InChI=1S/C56H104O14/c1-3-5-7-9-11-13-15-17-19-21-23-25-27-29-31-33-35-37-39-48(58)68-45(42-65-40-38-36-34-32-30-28-26-24-22-20-18-16-14-12-10-8-6-4-2)43-66-55-54(64)52(62)50(60)47(70-55)44-67-56-53(63)51(61)49(59)46(41-57)69-56/h13,15,19,21,45-47,49-57,59-64H,3-12,14,16-18,20,22-44H2,1-2H3/b15-13-,21-19-. The van der Waals surface area contributed by atoms with Crippen molar-refractivity contribution in [1.29, 1.82) is 0 Å². The molecule has 2 saturated heterocycles. The highest BCUT2D eigenvalue weighted by molar-refractivity contribution is 5.69. The van der Waals surface area contributed by atoms with Crippen molar-refractivity contribution < 1.29 is 69.0 Å². The maximum Gasteiger partial charge on any atom is 0.306 e. The van der Waals surface area contributed by atoms with Gasteiger partial charge < -0.3 is 64.2 Å². The van der Waals surface area contributed by atoms with Gasteiger partial charge in [-0.05, 0) is 44.9 Å². The predicted molar refractivity (Wildman–Crippen MR) is 275 cm³/mol. The highest BCUT2D eigenvalue weighted by Gasteiger charge is 2.47. The number of esters is 1. The largest absolute Gasteiger partial charge is 0.457 e. The van der Waals surface area contributed by atoms with E-state index in [0.29, 0.717) is 13.0 Å². The van der Waals surface area contributed by atoms with Gasteiger partial charge in [0.2, 0.25) is 0 Å². The second kappa shape index (κ2) is 43.8. The van der Waals surface area contributed by atoms with E-state index in [2.05, 4.69) is 38.2 Å². The third-order valence-electron chi connectivity index (χ3n) is 13.7. The Morgan fingerprint density at radius 1 is 0.471 bits per heavy atom. The van der Waals surface area contributed by atoms with E-state index in [4.69, 9.17) is 28.4 Å². The molecule has 14 heteroatoms. The Bertz CT molecular complexity index is 1250. The van der Waals surface area contributed by atoms with Crippen LogP contribution in [-0.4, -0.2) is 142 Å². The lowest BCUT2D eigenvalue weighted by molar-refractivity contribution is -0.332. The zero-order valence-corrected chi connectivity index (χ0v) is 44.0. The van der Waals surface area contributed by atoms with Gasteiger partial charge in [0.15, 0.2) is 12.6 Å². The predicted octanol–water partition coefficient (Wildman–Crippen LogP) is 9.58. The average molecular weight is 1000 g/mol. The third kappa shape index (κ3) is 30.6. The SMILES string of the molecule is CCCCCC/C=C\C/C=C\CCCCCCCCCC(=O)OC(COCCCCCCCCCCCCCCCCCCCC)COC1OC(COC2OC(CO)C(O)C(O)C2O)C(O)C(O)C1O. The Morgan fingerprint density at radius 2 is 0.886 bits per heavy atom. The first kappa shape index (κ1) is 64.6. The van der Waals surface area contributed by atoms with Crippen LogP contribution in [0.5, 0.6) is 0 Å². The minimum Gasteiger partial charge on any atom is -0.457 e. The fourth-order valence-corrected chi connectivity index (χ4v) is 9.08. The number of hydrogen-bond donors (Lipinski definition) is 7. The van der Waals surface area contributed by atoms with Gasteiger partial charge in [0.25, 0.3) is 0 Å². The van der Waals surface area contributed by atoms with Crippen LogP contribution in [0.2, 0.25) is 0 Å². The molecule has 7 N–H and O–H groups in total. The maximum absolute atomic E-state index is 13.1. The molecule has 0 saturated carbocycles. The highest BCUT2D eigenvalue weighted by atomic mass is 16.7. The number of hydrogen-bond acceptors (Lipinski definition) is 14. The molecule has 2 fully saturated rings. The lowest BCUT2D eigenvalue weighted by atomic mass is 9.98. The Kier molecular flexibility index (Phi) is 40.4. The molecule has 2 aliphatic heterocycles. The minimum atomic E-state index is -1.71. The summed E-state index contributed by atoms with van der Waals surface area (Å²) in [6.07, 6.45) is 32.3. The van der Waals surface area contributed by atoms with Crippen LogP contribution in [-0.2, 0) is 33.2 Å². The first-order chi connectivity index (χ1) is 34.1. The summed E-state index contributed by atoms with van der Waals surface area (Å²) in [4.78, 5) is 13.1. The van der Waals surface area contributed by atoms with Gasteiger partial charge in [-0.15, -0.1) is 0 Å². The molecule has 14 nitrogen and oxygen atoms in total. The Balaban J connectivity index is 1.73. The van der Waals surface area contributed by atoms with Gasteiger partial charge in [0.1, 0.15) is 54.9 Å². The van der Waals surface area contributed by atoms with Crippen LogP contribution >= 0.6 is 0 Å². The molecule has 70 heavy (non-hydrogen) atoms. The van der Waals surface area contributed by atoms with Crippen molar-refractivity contribution in [1.82, 2.24) is 0 Å². The lowest BCUT2D eigenvalue weighted by Gasteiger charge is -2.42. The molecular weight excluding hydrogens is 897 g/mol. The van der Waals surface area contributed by atoms with Gasteiger partial charge in [0, 0.05) is 13.0 Å². The van der Waals surface area contributed by atoms with Crippen LogP contribution in [0.25, 0.3) is 0 Å². The van der Waals surface area contributed by atoms with E-state index in [1.807, 2.05) is 0 Å². The number of carbonyl (C=O) groups excluding carboxylic acids is 1. The summed E-state index contributed by atoms with van der Waals surface area (Å²) in [5, 5.41) is 72.3. The maximum atomic E-state index is 13.1. The zero-order valence-electron chi connectivity index (χ0n) is 44.0. The Labute approximate surface area is 424 Å². The number of ether oxygens (including phenoxy) is 6. The fourth-order valence-electron chi connectivity index (χ4n) is 9.08. The van der Waals surface area contributed by atoms with E-state index in [0.717, 1.165) is 51.4 Å². The van der Waals surface area contributed by atoms with Crippen LogP contribution in [0.4, 0.5) is 0 Å². The smallest absolute Gasteiger partial charge is 0.306 e. The normalized spacial score (nSPS) is 25.6. The van der Waals surface area contributed by atoms with Crippen molar-refractivity contribution in [3.8, 4) is 0 Å². The molecule has 0 amide bonds. The summed E-state index contributed by atoms with van der Waals surface area (Å²) >= 11 is 0. The minimum absolute atomic E-state index is 0.0629. The number of aliphatic hydroxyl groups excluding tert-OH is 7. The van der Waals surface area contributed by atoms with Gasteiger partial charge in [-0.1, -0.05) is 199 Å². The van der Waals surface area contributed by atoms with E-state index >= 15 is 0 Å². The second-order valence-corrected chi connectivity index (χ2v) is 20.1. The van der Waals surface area contributed by atoms with Gasteiger partial charge in [-0.3, -0.25) is 4.79 Å². The number of carbonyl (C=O) groups is 1. The van der Waals surface area contributed by atoms with Crippen LogP contribution < -0.4 is 0 Å². The molecule has 0 aromatic carbocycles. The average Bonchev–Trinajstić information content (AvgIpc) is 3.36. The van der Waals surface area contributed by atoms with Gasteiger partial charge in [-0.25, -0.2) is 0 Å². The van der Waals surface area contributed by atoms with E-state index in [9.17, 15) is 40.5 Å². The summed E-state index contributed by atoms with van der Waals surface area (Å²) in [5.41, 5.74) is 0. The Morgan fingerprint density at radius 3 is 1.39 bits per heavy atom. The third-order valence-corrected chi connectivity index (χ3v) is 13.7. The first-order valence-corrected chi connectivity index (χ1v) is 28.4. The molecule has 2 heterocycles. The summed E-state index contributed by atoms with van der Waals surface area (Å²) in [5.74, 6) is -0.380.